The number of ether oxygens (including phenoxy) is 2. The normalized spacial score (nSPS) is 39.0. The molecule has 0 saturated carbocycles. The molecular formula is C9H18O5. The first-order chi connectivity index (χ1) is 6.35. The molecule has 1 rings (SSSR count). The Hall–Kier alpha value is -0.200. The zero-order valence-corrected chi connectivity index (χ0v) is 8.67. The molecule has 1 aliphatic heterocycles. The SMILES string of the molecule is CC(C)(C)O[C@@H]1O[C@H](CO)[C@@H](O)[C@H]1O. The molecule has 1 saturated heterocycles. The van der Waals surface area contributed by atoms with Crippen LogP contribution in [0.5, 0.6) is 0 Å². The molecule has 5 heteroatoms. The van der Waals surface area contributed by atoms with Crippen LogP contribution in [-0.2, 0) is 9.47 Å². The summed E-state index contributed by atoms with van der Waals surface area (Å²) in [5.74, 6) is 0. The third kappa shape index (κ3) is 2.65. The minimum Gasteiger partial charge on any atom is -0.394 e. The number of hydrogen-bond donors (Lipinski definition) is 3. The number of rotatable bonds is 2. The quantitative estimate of drug-likeness (QED) is 0.553. The van der Waals surface area contributed by atoms with E-state index in [1.807, 2.05) is 20.8 Å². The van der Waals surface area contributed by atoms with Crippen molar-refractivity contribution in [1.82, 2.24) is 0 Å². The summed E-state index contributed by atoms with van der Waals surface area (Å²) in [6.45, 7) is 5.13. The maximum Gasteiger partial charge on any atom is 0.187 e. The lowest BCUT2D eigenvalue weighted by molar-refractivity contribution is -0.214. The fourth-order valence-electron chi connectivity index (χ4n) is 1.31. The topological polar surface area (TPSA) is 79.2 Å². The number of aliphatic hydroxyl groups excluding tert-OH is 3. The second-order valence-electron chi connectivity index (χ2n) is 4.44. The van der Waals surface area contributed by atoms with E-state index in [9.17, 15) is 10.2 Å². The van der Waals surface area contributed by atoms with Gasteiger partial charge < -0.3 is 24.8 Å². The average Bonchev–Trinajstić information content (AvgIpc) is 2.30. The van der Waals surface area contributed by atoms with Gasteiger partial charge in [-0.25, -0.2) is 0 Å². The van der Waals surface area contributed by atoms with Gasteiger partial charge in [0.25, 0.3) is 0 Å². The van der Waals surface area contributed by atoms with Gasteiger partial charge in [0.1, 0.15) is 18.3 Å². The summed E-state index contributed by atoms with van der Waals surface area (Å²) in [6.07, 6.45) is -3.83. The van der Waals surface area contributed by atoms with E-state index in [1.54, 1.807) is 0 Å². The Bertz CT molecular complexity index is 188. The monoisotopic (exact) mass is 206 g/mol. The van der Waals surface area contributed by atoms with Gasteiger partial charge in [0.2, 0.25) is 0 Å². The van der Waals surface area contributed by atoms with Crippen molar-refractivity contribution in [3.63, 3.8) is 0 Å². The van der Waals surface area contributed by atoms with Crippen LogP contribution >= 0.6 is 0 Å². The van der Waals surface area contributed by atoms with Gasteiger partial charge in [0.05, 0.1) is 12.2 Å². The molecule has 0 aromatic heterocycles. The van der Waals surface area contributed by atoms with E-state index in [0.29, 0.717) is 0 Å². The Balaban J connectivity index is 2.57. The fourth-order valence-corrected chi connectivity index (χ4v) is 1.31. The highest BCUT2D eigenvalue weighted by Crippen LogP contribution is 2.25. The highest BCUT2D eigenvalue weighted by atomic mass is 16.7. The minimum absolute atomic E-state index is 0.331. The summed E-state index contributed by atoms with van der Waals surface area (Å²) < 4.78 is 10.5. The molecule has 1 heterocycles. The van der Waals surface area contributed by atoms with Crippen LogP contribution in [0.15, 0.2) is 0 Å². The standard InChI is InChI=1S/C9H18O5/c1-9(2,3)14-8-7(12)6(11)5(4-10)13-8/h5-8,10-12H,4H2,1-3H3/t5-,6-,7-,8+/m1/s1. The molecule has 5 nitrogen and oxygen atoms in total. The molecule has 14 heavy (non-hydrogen) atoms. The maximum absolute atomic E-state index is 9.51. The molecule has 0 unspecified atom stereocenters. The van der Waals surface area contributed by atoms with E-state index >= 15 is 0 Å². The molecule has 84 valence electrons. The highest BCUT2D eigenvalue weighted by Gasteiger charge is 2.44. The van der Waals surface area contributed by atoms with E-state index in [-0.39, 0.29) is 6.61 Å². The third-order valence-corrected chi connectivity index (χ3v) is 1.97. The molecule has 4 atom stereocenters. The van der Waals surface area contributed by atoms with Crippen LogP contribution in [0, 0.1) is 0 Å². The van der Waals surface area contributed by atoms with E-state index in [2.05, 4.69) is 0 Å². The molecule has 1 aliphatic rings. The van der Waals surface area contributed by atoms with Crippen molar-refractivity contribution in [1.29, 1.82) is 0 Å². The molecule has 0 aromatic carbocycles. The van der Waals surface area contributed by atoms with Gasteiger partial charge in [-0.1, -0.05) is 0 Å². The number of hydrogen-bond acceptors (Lipinski definition) is 5. The van der Waals surface area contributed by atoms with Crippen LogP contribution < -0.4 is 0 Å². The van der Waals surface area contributed by atoms with Crippen LogP contribution in [0.2, 0.25) is 0 Å². The summed E-state index contributed by atoms with van der Waals surface area (Å²) in [5, 5.41) is 27.7. The van der Waals surface area contributed by atoms with Gasteiger partial charge in [0.15, 0.2) is 6.29 Å². The van der Waals surface area contributed by atoms with Crippen LogP contribution in [0.3, 0.4) is 0 Å². The third-order valence-electron chi connectivity index (χ3n) is 1.97. The Morgan fingerprint density at radius 1 is 1.21 bits per heavy atom. The average molecular weight is 206 g/mol. The van der Waals surface area contributed by atoms with Crippen LogP contribution in [0.25, 0.3) is 0 Å². The molecule has 0 bridgehead atoms. The van der Waals surface area contributed by atoms with Crippen molar-refractivity contribution >= 4 is 0 Å². The molecule has 0 spiro atoms. The van der Waals surface area contributed by atoms with E-state index in [1.165, 1.54) is 0 Å². The smallest absolute Gasteiger partial charge is 0.187 e. The molecule has 0 amide bonds. The Morgan fingerprint density at radius 3 is 2.14 bits per heavy atom. The second kappa shape index (κ2) is 4.12. The Labute approximate surface area is 83.3 Å². The largest absolute Gasteiger partial charge is 0.394 e. The van der Waals surface area contributed by atoms with Crippen LogP contribution in [0.1, 0.15) is 20.8 Å². The van der Waals surface area contributed by atoms with E-state index in [0.717, 1.165) is 0 Å². The number of aliphatic hydroxyl groups is 3. The summed E-state index contributed by atoms with van der Waals surface area (Å²) in [7, 11) is 0. The van der Waals surface area contributed by atoms with Crippen LogP contribution in [0.4, 0.5) is 0 Å². The summed E-state index contributed by atoms with van der Waals surface area (Å²) in [4.78, 5) is 0. The van der Waals surface area contributed by atoms with Crippen molar-refractivity contribution in [2.45, 2.75) is 51.0 Å². The van der Waals surface area contributed by atoms with Crippen molar-refractivity contribution < 1.29 is 24.8 Å². The second-order valence-corrected chi connectivity index (χ2v) is 4.44. The van der Waals surface area contributed by atoms with Crippen LogP contribution in [-0.4, -0.2) is 52.1 Å². The first kappa shape index (κ1) is 11.9. The Morgan fingerprint density at radius 2 is 1.79 bits per heavy atom. The van der Waals surface area contributed by atoms with Gasteiger partial charge in [-0.05, 0) is 20.8 Å². The lowest BCUT2D eigenvalue weighted by Crippen LogP contribution is -2.37. The predicted molar refractivity (Wildman–Crippen MR) is 48.6 cm³/mol. The van der Waals surface area contributed by atoms with Gasteiger partial charge in [-0.15, -0.1) is 0 Å². The zero-order valence-electron chi connectivity index (χ0n) is 8.67. The van der Waals surface area contributed by atoms with E-state index < -0.39 is 30.2 Å². The van der Waals surface area contributed by atoms with Gasteiger partial charge in [-0.2, -0.15) is 0 Å². The molecular weight excluding hydrogens is 188 g/mol. The van der Waals surface area contributed by atoms with Gasteiger partial charge >= 0.3 is 0 Å². The molecule has 0 aromatic rings. The van der Waals surface area contributed by atoms with Crippen molar-refractivity contribution in [2.24, 2.45) is 0 Å². The fraction of sp³-hybridized carbons (Fsp3) is 1.00. The molecule has 0 aliphatic carbocycles. The van der Waals surface area contributed by atoms with Gasteiger partial charge in [-0.3, -0.25) is 0 Å². The molecule has 0 radical (unpaired) electrons. The minimum atomic E-state index is -1.11. The van der Waals surface area contributed by atoms with E-state index in [4.69, 9.17) is 14.6 Å². The molecule has 1 fully saturated rings. The van der Waals surface area contributed by atoms with Crippen molar-refractivity contribution in [3.05, 3.63) is 0 Å². The van der Waals surface area contributed by atoms with Crippen molar-refractivity contribution in [3.8, 4) is 0 Å². The lowest BCUT2D eigenvalue weighted by atomic mass is 10.1. The first-order valence-electron chi connectivity index (χ1n) is 4.65. The summed E-state index contributed by atoms with van der Waals surface area (Å²) >= 11 is 0. The highest BCUT2D eigenvalue weighted by molar-refractivity contribution is 4.87. The zero-order chi connectivity index (χ0) is 10.9. The summed E-state index contributed by atoms with van der Waals surface area (Å²) in [6, 6.07) is 0. The lowest BCUT2D eigenvalue weighted by Gasteiger charge is -2.26. The Kier molecular flexibility index (Phi) is 3.49. The van der Waals surface area contributed by atoms with Crippen molar-refractivity contribution in [2.75, 3.05) is 6.61 Å². The first-order valence-corrected chi connectivity index (χ1v) is 4.65. The predicted octanol–water partition coefficient (Wildman–Crippen LogP) is -0.760. The maximum atomic E-state index is 9.51. The summed E-state index contributed by atoms with van der Waals surface area (Å²) in [5.41, 5.74) is -0.463. The molecule has 3 N–H and O–H groups in total. The van der Waals surface area contributed by atoms with Gasteiger partial charge in [0, 0.05) is 0 Å².